The predicted octanol–water partition coefficient (Wildman–Crippen LogP) is 2.37. The molecule has 7 nitrogen and oxygen atoms in total. The number of nitrogens with zero attached hydrogens (tertiary/aromatic N) is 4. The first-order valence-electron chi connectivity index (χ1n) is 8.96. The van der Waals surface area contributed by atoms with Crippen molar-refractivity contribution in [2.45, 2.75) is 12.3 Å². The fourth-order valence-corrected chi connectivity index (χ4v) is 3.52. The highest BCUT2D eigenvalue weighted by Crippen LogP contribution is 2.28. The van der Waals surface area contributed by atoms with E-state index in [2.05, 4.69) is 9.55 Å². The van der Waals surface area contributed by atoms with Gasteiger partial charge in [-0.2, -0.15) is 0 Å². The van der Waals surface area contributed by atoms with E-state index in [0.29, 0.717) is 12.3 Å². The Balaban J connectivity index is 1.38. The molecule has 4 rings (SSSR count). The minimum absolute atomic E-state index is 0.00579. The van der Waals surface area contributed by atoms with Gasteiger partial charge in [-0.15, -0.1) is 0 Å². The molecule has 3 aromatic rings. The molecule has 1 atom stereocenters. The number of carbonyl (C=O) groups excluding carboxylic acids is 1. The molecule has 140 valence electrons. The number of hydrogen-bond acceptors (Lipinski definition) is 5. The Morgan fingerprint density at radius 3 is 2.74 bits per heavy atom. The summed E-state index contributed by atoms with van der Waals surface area (Å²) in [5.41, 5.74) is 1.95. The van der Waals surface area contributed by atoms with Crippen LogP contribution < -0.4 is 9.47 Å². The molecule has 0 spiro atoms. The monoisotopic (exact) mass is 366 g/mol. The lowest BCUT2D eigenvalue weighted by Gasteiger charge is -2.17. The molecule has 0 N–H and O–H groups in total. The number of aryl methyl sites for hydroxylation is 1. The molecule has 1 saturated heterocycles. The molecule has 7 heteroatoms. The van der Waals surface area contributed by atoms with Crippen LogP contribution in [0.1, 0.15) is 18.2 Å². The summed E-state index contributed by atoms with van der Waals surface area (Å²) in [5.74, 6) is 2.64. The zero-order valence-electron chi connectivity index (χ0n) is 15.5. The molecular formula is C20H22N4O3. The average Bonchev–Trinajstić information content (AvgIpc) is 3.32. The average molecular weight is 366 g/mol. The lowest BCUT2D eigenvalue weighted by Crippen LogP contribution is -2.33. The Bertz CT molecular complexity index is 952. The Morgan fingerprint density at radius 1 is 1.22 bits per heavy atom. The maximum Gasteiger partial charge on any atom is 0.260 e. The van der Waals surface area contributed by atoms with Crippen LogP contribution in [0.2, 0.25) is 0 Å². The molecule has 27 heavy (non-hydrogen) atoms. The largest absolute Gasteiger partial charge is 0.497 e. The van der Waals surface area contributed by atoms with Crippen LogP contribution in [0.25, 0.3) is 11.0 Å². The number of amides is 1. The lowest BCUT2D eigenvalue weighted by atomic mass is 10.1. The molecular weight excluding hydrogens is 344 g/mol. The van der Waals surface area contributed by atoms with Gasteiger partial charge in [0.05, 0.1) is 24.3 Å². The van der Waals surface area contributed by atoms with E-state index in [0.717, 1.165) is 35.6 Å². The van der Waals surface area contributed by atoms with Gasteiger partial charge in [-0.1, -0.05) is 0 Å². The van der Waals surface area contributed by atoms with Crippen molar-refractivity contribution in [3.8, 4) is 11.5 Å². The number of aromatic nitrogens is 3. The number of rotatable bonds is 5. The first-order valence-corrected chi connectivity index (χ1v) is 8.96. The van der Waals surface area contributed by atoms with Gasteiger partial charge >= 0.3 is 0 Å². The van der Waals surface area contributed by atoms with E-state index >= 15 is 0 Å². The Morgan fingerprint density at radius 2 is 2.00 bits per heavy atom. The molecule has 1 aliphatic rings. The minimum atomic E-state index is -0.00579. The van der Waals surface area contributed by atoms with Crippen LogP contribution in [-0.2, 0) is 11.8 Å². The summed E-state index contributed by atoms with van der Waals surface area (Å²) in [7, 11) is 3.62. The van der Waals surface area contributed by atoms with E-state index in [1.807, 2.05) is 36.3 Å². The molecule has 0 bridgehead atoms. The second-order valence-corrected chi connectivity index (χ2v) is 6.68. The molecule has 1 fully saturated rings. The first-order chi connectivity index (χ1) is 13.2. The van der Waals surface area contributed by atoms with Gasteiger partial charge in [0.15, 0.2) is 6.61 Å². The summed E-state index contributed by atoms with van der Waals surface area (Å²) >= 11 is 0. The van der Waals surface area contributed by atoms with Crippen molar-refractivity contribution >= 4 is 16.9 Å². The van der Waals surface area contributed by atoms with Crippen molar-refractivity contribution in [1.82, 2.24) is 19.4 Å². The normalized spacial score (nSPS) is 16.7. The van der Waals surface area contributed by atoms with Gasteiger partial charge < -0.3 is 18.9 Å². The zero-order valence-corrected chi connectivity index (χ0v) is 15.5. The number of likely N-dealkylation sites (tertiary alicyclic amines) is 1. The van der Waals surface area contributed by atoms with Crippen LogP contribution >= 0.6 is 0 Å². The molecule has 3 heterocycles. The molecule has 2 aromatic heterocycles. The quantitative estimate of drug-likeness (QED) is 0.693. The number of carbonyl (C=O) groups is 1. The second-order valence-electron chi connectivity index (χ2n) is 6.68. The number of benzene rings is 1. The van der Waals surface area contributed by atoms with Crippen molar-refractivity contribution in [3.63, 3.8) is 0 Å². The van der Waals surface area contributed by atoms with Gasteiger partial charge in [0.1, 0.15) is 17.3 Å². The standard InChI is InChI=1S/C20H22N4O3/c1-23-18-11-21-9-7-17(18)22-20(23)14-8-10-24(12-14)19(25)13-27-16-5-3-15(26-2)4-6-16/h3-7,9,11,14H,8,10,12-13H2,1-2H3/t14-/m0/s1. The Labute approximate surface area is 157 Å². The zero-order chi connectivity index (χ0) is 18.8. The number of pyridine rings is 1. The van der Waals surface area contributed by atoms with Crippen LogP contribution in [0.5, 0.6) is 11.5 Å². The molecule has 0 saturated carbocycles. The van der Waals surface area contributed by atoms with Gasteiger partial charge in [-0.3, -0.25) is 9.78 Å². The van der Waals surface area contributed by atoms with Crippen LogP contribution in [-0.4, -0.2) is 52.1 Å². The van der Waals surface area contributed by atoms with Crippen molar-refractivity contribution in [1.29, 1.82) is 0 Å². The maximum atomic E-state index is 12.5. The van der Waals surface area contributed by atoms with Crippen molar-refractivity contribution in [2.75, 3.05) is 26.8 Å². The van der Waals surface area contributed by atoms with Crippen LogP contribution in [0.3, 0.4) is 0 Å². The Hall–Kier alpha value is -3.09. The molecule has 0 aliphatic carbocycles. The molecule has 1 aromatic carbocycles. The minimum Gasteiger partial charge on any atom is -0.497 e. The summed E-state index contributed by atoms with van der Waals surface area (Å²) in [4.78, 5) is 23.3. The van der Waals surface area contributed by atoms with Crippen molar-refractivity contribution < 1.29 is 14.3 Å². The lowest BCUT2D eigenvalue weighted by molar-refractivity contribution is -0.132. The van der Waals surface area contributed by atoms with Gasteiger partial charge in [-0.25, -0.2) is 4.98 Å². The van der Waals surface area contributed by atoms with Gasteiger partial charge in [0.25, 0.3) is 5.91 Å². The van der Waals surface area contributed by atoms with E-state index in [4.69, 9.17) is 14.5 Å². The first kappa shape index (κ1) is 17.3. The number of fused-ring (bicyclic) bond motifs is 1. The third-order valence-corrected chi connectivity index (χ3v) is 5.05. The third-order valence-electron chi connectivity index (χ3n) is 5.05. The SMILES string of the molecule is COc1ccc(OCC(=O)N2CC[C@H](c3nc4ccncc4n3C)C2)cc1. The highest BCUT2D eigenvalue weighted by atomic mass is 16.5. The fourth-order valence-electron chi connectivity index (χ4n) is 3.52. The van der Waals surface area contributed by atoms with Crippen LogP contribution in [0.15, 0.2) is 42.7 Å². The summed E-state index contributed by atoms with van der Waals surface area (Å²) in [5, 5.41) is 0. The third kappa shape index (κ3) is 3.45. The van der Waals surface area contributed by atoms with Gasteiger partial charge in [0, 0.05) is 32.3 Å². The van der Waals surface area contributed by atoms with E-state index in [9.17, 15) is 4.79 Å². The molecule has 0 unspecified atom stereocenters. The number of imidazole rings is 1. The van der Waals surface area contributed by atoms with Crippen molar-refractivity contribution in [3.05, 3.63) is 48.5 Å². The summed E-state index contributed by atoms with van der Waals surface area (Å²) in [6, 6.07) is 9.14. The van der Waals surface area contributed by atoms with E-state index in [1.165, 1.54) is 0 Å². The highest BCUT2D eigenvalue weighted by Gasteiger charge is 2.30. The Kier molecular flexibility index (Phi) is 4.66. The molecule has 0 radical (unpaired) electrons. The van der Waals surface area contributed by atoms with Crippen LogP contribution in [0.4, 0.5) is 0 Å². The topological polar surface area (TPSA) is 69.5 Å². The summed E-state index contributed by atoms with van der Waals surface area (Å²) in [6.45, 7) is 1.41. The van der Waals surface area contributed by atoms with E-state index < -0.39 is 0 Å². The molecule has 1 aliphatic heterocycles. The molecule has 1 amide bonds. The van der Waals surface area contributed by atoms with E-state index in [1.54, 1.807) is 25.4 Å². The predicted molar refractivity (Wildman–Crippen MR) is 101 cm³/mol. The van der Waals surface area contributed by atoms with Crippen LogP contribution in [0, 0.1) is 0 Å². The van der Waals surface area contributed by atoms with Gasteiger partial charge in [0.2, 0.25) is 0 Å². The van der Waals surface area contributed by atoms with Crippen molar-refractivity contribution in [2.24, 2.45) is 7.05 Å². The smallest absolute Gasteiger partial charge is 0.260 e. The fraction of sp³-hybridized carbons (Fsp3) is 0.350. The number of ether oxygens (including phenoxy) is 2. The summed E-state index contributed by atoms with van der Waals surface area (Å²) in [6.07, 6.45) is 4.48. The second kappa shape index (κ2) is 7.26. The highest BCUT2D eigenvalue weighted by molar-refractivity contribution is 5.78. The van der Waals surface area contributed by atoms with Gasteiger partial charge in [-0.05, 0) is 36.8 Å². The summed E-state index contributed by atoms with van der Waals surface area (Å²) < 4.78 is 12.8. The van der Waals surface area contributed by atoms with E-state index in [-0.39, 0.29) is 18.4 Å². The number of methoxy groups -OCH3 is 1. The number of hydrogen-bond donors (Lipinski definition) is 0. The maximum absolute atomic E-state index is 12.5.